The Hall–Kier alpha value is -0.630. The normalized spacial score (nSPS) is 11.5. The molecule has 118 valence electrons. The van der Waals surface area contributed by atoms with E-state index in [0.717, 1.165) is 0 Å². The van der Waals surface area contributed by atoms with Gasteiger partial charge in [-0.3, -0.25) is 4.79 Å². The van der Waals surface area contributed by atoms with Gasteiger partial charge in [0.2, 0.25) is 0 Å². The molecule has 0 aromatic heterocycles. The van der Waals surface area contributed by atoms with E-state index in [1.54, 1.807) is 18.9 Å². The molecule has 0 aliphatic carbocycles. The fourth-order valence-corrected chi connectivity index (χ4v) is 3.19. The van der Waals surface area contributed by atoms with Crippen molar-refractivity contribution in [2.75, 3.05) is 26.8 Å². The number of amides is 1. The molecule has 0 radical (unpaired) electrons. The monoisotopic (exact) mass is 397 g/mol. The van der Waals surface area contributed by atoms with E-state index < -0.39 is 9.05 Å². The lowest BCUT2D eigenvalue weighted by Crippen LogP contribution is -2.34. The minimum Gasteiger partial charge on any atom is -0.383 e. The van der Waals surface area contributed by atoms with Crippen LogP contribution in [0, 0.1) is 6.92 Å². The molecule has 1 aromatic rings. The van der Waals surface area contributed by atoms with Gasteiger partial charge in [-0.25, -0.2) is 8.42 Å². The maximum atomic E-state index is 12.5. The molecule has 21 heavy (non-hydrogen) atoms. The number of rotatable bonds is 6. The topological polar surface area (TPSA) is 63.7 Å². The maximum Gasteiger partial charge on any atom is 0.261 e. The van der Waals surface area contributed by atoms with Gasteiger partial charge in [0.15, 0.2) is 0 Å². The number of hydrogen-bond donors (Lipinski definition) is 0. The predicted octanol–water partition coefficient (Wildman–Crippen LogP) is 2.79. The standard InChI is InChI=1S/C13H17BrClNO4S/c1-4-16(5-6-20-3)13(17)11-7-10(21(15,18)19)8-12(14)9(11)2/h7-8H,4-6H2,1-3H3. The highest BCUT2D eigenvalue weighted by atomic mass is 79.9. The quantitative estimate of drug-likeness (QED) is 0.691. The van der Waals surface area contributed by atoms with Gasteiger partial charge in [0.1, 0.15) is 0 Å². The molecule has 1 rings (SSSR count). The number of ether oxygens (including phenoxy) is 1. The third kappa shape index (κ3) is 4.67. The first-order valence-electron chi connectivity index (χ1n) is 6.25. The lowest BCUT2D eigenvalue weighted by molar-refractivity contribution is 0.0705. The van der Waals surface area contributed by atoms with Gasteiger partial charge in [0.25, 0.3) is 15.0 Å². The van der Waals surface area contributed by atoms with Crippen LogP contribution in [-0.4, -0.2) is 46.0 Å². The summed E-state index contributed by atoms with van der Waals surface area (Å²) in [7, 11) is 3.02. The lowest BCUT2D eigenvalue weighted by atomic mass is 10.1. The molecule has 0 saturated carbocycles. The SMILES string of the molecule is CCN(CCOC)C(=O)c1cc(S(=O)(=O)Cl)cc(Br)c1C. The molecular weight excluding hydrogens is 382 g/mol. The van der Waals surface area contributed by atoms with Crippen LogP contribution in [0.5, 0.6) is 0 Å². The highest BCUT2D eigenvalue weighted by Crippen LogP contribution is 2.27. The summed E-state index contributed by atoms with van der Waals surface area (Å²) in [6, 6.07) is 2.69. The van der Waals surface area contributed by atoms with Crippen LogP contribution in [0.1, 0.15) is 22.8 Å². The zero-order chi connectivity index (χ0) is 16.2. The van der Waals surface area contributed by atoms with Crippen molar-refractivity contribution in [3.05, 3.63) is 27.7 Å². The second-order valence-electron chi connectivity index (χ2n) is 4.39. The molecular formula is C13H17BrClNO4S. The molecule has 0 heterocycles. The highest BCUT2D eigenvalue weighted by Gasteiger charge is 2.21. The number of benzene rings is 1. The zero-order valence-corrected chi connectivity index (χ0v) is 15.2. The first-order valence-corrected chi connectivity index (χ1v) is 9.35. The predicted molar refractivity (Wildman–Crippen MR) is 85.4 cm³/mol. The van der Waals surface area contributed by atoms with E-state index in [-0.39, 0.29) is 10.8 Å². The van der Waals surface area contributed by atoms with Crippen molar-refractivity contribution in [1.29, 1.82) is 0 Å². The second kappa shape index (κ2) is 7.58. The molecule has 0 N–H and O–H groups in total. The fourth-order valence-electron chi connectivity index (χ4n) is 1.79. The van der Waals surface area contributed by atoms with E-state index >= 15 is 0 Å². The van der Waals surface area contributed by atoms with Crippen LogP contribution in [0.2, 0.25) is 0 Å². The van der Waals surface area contributed by atoms with Crippen LogP contribution in [-0.2, 0) is 13.8 Å². The van der Waals surface area contributed by atoms with Crippen LogP contribution in [0.25, 0.3) is 0 Å². The molecule has 0 saturated heterocycles. The molecule has 0 unspecified atom stereocenters. The molecule has 0 spiro atoms. The number of carbonyl (C=O) groups is 1. The van der Waals surface area contributed by atoms with Crippen LogP contribution < -0.4 is 0 Å². The van der Waals surface area contributed by atoms with E-state index in [0.29, 0.717) is 35.3 Å². The van der Waals surface area contributed by atoms with Gasteiger partial charge in [-0.15, -0.1) is 0 Å². The van der Waals surface area contributed by atoms with E-state index in [1.807, 2.05) is 6.92 Å². The summed E-state index contributed by atoms with van der Waals surface area (Å²) in [6.07, 6.45) is 0. The molecule has 5 nitrogen and oxygen atoms in total. The Morgan fingerprint density at radius 2 is 2.05 bits per heavy atom. The third-order valence-electron chi connectivity index (χ3n) is 3.06. The molecule has 1 aromatic carbocycles. The van der Waals surface area contributed by atoms with Gasteiger partial charge in [0, 0.05) is 40.9 Å². The molecule has 0 aliphatic heterocycles. The first kappa shape index (κ1) is 18.4. The summed E-state index contributed by atoms with van der Waals surface area (Å²) in [5, 5.41) is 0. The maximum absolute atomic E-state index is 12.5. The first-order chi connectivity index (χ1) is 9.72. The number of halogens is 2. The van der Waals surface area contributed by atoms with Crippen molar-refractivity contribution >= 4 is 41.6 Å². The average molecular weight is 399 g/mol. The van der Waals surface area contributed by atoms with E-state index in [9.17, 15) is 13.2 Å². The Labute approximate surface area is 137 Å². The molecule has 0 bridgehead atoms. The van der Waals surface area contributed by atoms with Gasteiger partial charge in [-0.05, 0) is 31.5 Å². The van der Waals surface area contributed by atoms with E-state index in [4.69, 9.17) is 15.4 Å². The summed E-state index contributed by atoms with van der Waals surface area (Å²) in [5.41, 5.74) is 0.974. The van der Waals surface area contributed by atoms with Gasteiger partial charge in [0.05, 0.1) is 11.5 Å². The third-order valence-corrected chi connectivity index (χ3v) is 5.22. The zero-order valence-electron chi connectivity index (χ0n) is 12.0. The smallest absolute Gasteiger partial charge is 0.261 e. The molecule has 0 atom stereocenters. The van der Waals surface area contributed by atoms with Crippen molar-refractivity contribution in [3.63, 3.8) is 0 Å². The van der Waals surface area contributed by atoms with Crippen LogP contribution in [0.3, 0.4) is 0 Å². The molecule has 8 heteroatoms. The van der Waals surface area contributed by atoms with Crippen molar-refractivity contribution in [2.45, 2.75) is 18.7 Å². The van der Waals surface area contributed by atoms with Gasteiger partial charge < -0.3 is 9.64 Å². The summed E-state index contributed by atoms with van der Waals surface area (Å²) >= 11 is 3.26. The van der Waals surface area contributed by atoms with E-state index in [1.165, 1.54) is 12.1 Å². The average Bonchev–Trinajstić information content (AvgIpc) is 2.41. The van der Waals surface area contributed by atoms with Crippen LogP contribution in [0.15, 0.2) is 21.5 Å². The Morgan fingerprint density at radius 1 is 1.43 bits per heavy atom. The number of likely N-dealkylation sites (N-methyl/N-ethyl adjacent to an activating group) is 1. The minimum atomic E-state index is -3.90. The summed E-state index contributed by atoms with van der Waals surface area (Å²) in [6.45, 7) is 4.93. The Balaban J connectivity index is 3.28. The summed E-state index contributed by atoms with van der Waals surface area (Å²) in [4.78, 5) is 14.0. The highest BCUT2D eigenvalue weighted by molar-refractivity contribution is 9.10. The van der Waals surface area contributed by atoms with Gasteiger partial charge in [-0.1, -0.05) is 15.9 Å². The van der Waals surface area contributed by atoms with Crippen molar-refractivity contribution in [1.82, 2.24) is 4.90 Å². The number of nitrogens with zero attached hydrogens (tertiary/aromatic N) is 1. The van der Waals surface area contributed by atoms with Crippen LogP contribution in [0.4, 0.5) is 0 Å². The molecule has 1 amide bonds. The largest absolute Gasteiger partial charge is 0.383 e. The molecule has 0 fully saturated rings. The van der Waals surface area contributed by atoms with Gasteiger partial charge >= 0.3 is 0 Å². The number of hydrogen-bond acceptors (Lipinski definition) is 4. The van der Waals surface area contributed by atoms with Gasteiger partial charge in [-0.2, -0.15) is 0 Å². The van der Waals surface area contributed by atoms with Crippen molar-refractivity contribution in [3.8, 4) is 0 Å². The Bertz CT molecular complexity index is 633. The van der Waals surface area contributed by atoms with Crippen molar-refractivity contribution < 1.29 is 17.9 Å². The Kier molecular flexibility index (Phi) is 6.65. The second-order valence-corrected chi connectivity index (χ2v) is 7.81. The number of carbonyl (C=O) groups excluding carboxylic acids is 1. The summed E-state index contributed by atoms with van der Waals surface area (Å²) < 4.78 is 28.5. The number of methoxy groups -OCH3 is 1. The fraction of sp³-hybridized carbons (Fsp3) is 0.462. The summed E-state index contributed by atoms with van der Waals surface area (Å²) in [5.74, 6) is -0.255. The van der Waals surface area contributed by atoms with Crippen LogP contribution >= 0.6 is 26.6 Å². The molecule has 0 aliphatic rings. The van der Waals surface area contributed by atoms with Crippen molar-refractivity contribution in [2.24, 2.45) is 0 Å². The Morgan fingerprint density at radius 3 is 2.52 bits per heavy atom. The van der Waals surface area contributed by atoms with E-state index in [2.05, 4.69) is 15.9 Å². The minimum absolute atomic E-state index is 0.104. The lowest BCUT2D eigenvalue weighted by Gasteiger charge is -2.22.